The van der Waals surface area contributed by atoms with Gasteiger partial charge in [-0.1, -0.05) is 37.9 Å². The van der Waals surface area contributed by atoms with Crippen LogP contribution in [0.5, 0.6) is 0 Å². The number of rotatable bonds is 7. The molecule has 0 aliphatic heterocycles. The van der Waals surface area contributed by atoms with Gasteiger partial charge >= 0.3 is 0 Å². The monoisotopic (exact) mass is 298 g/mol. The third-order valence-corrected chi connectivity index (χ3v) is 4.84. The molecule has 0 aromatic rings. The quantitative estimate of drug-likeness (QED) is 0.429. The molecule has 2 saturated carbocycles. The molecule has 0 atom stereocenters. The molecule has 2 aliphatic rings. The summed E-state index contributed by atoms with van der Waals surface area (Å²) in [4.78, 5) is 12.8. The highest BCUT2D eigenvalue weighted by atomic mass is 32.1. The molecule has 0 radical (unpaired) electrons. The van der Waals surface area contributed by atoms with E-state index in [0.717, 1.165) is 38.2 Å². The molecule has 0 aromatic carbocycles. The second-order valence-electron chi connectivity index (χ2n) is 6.13. The van der Waals surface area contributed by atoms with Gasteiger partial charge in [-0.05, 0) is 31.6 Å². The van der Waals surface area contributed by atoms with Gasteiger partial charge in [0.15, 0.2) is 0 Å². The number of ether oxygens (including phenoxy) is 1. The summed E-state index contributed by atoms with van der Waals surface area (Å²) in [5.41, 5.74) is 5.27. The van der Waals surface area contributed by atoms with Gasteiger partial charge in [0.05, 0.1) is 17.0 Å². The molecular weight excluding hydrogens is 272 g/mol. The third-order valence-electron chi connectivity index (χ3n) is 4.45. The first kappa shape index (κ1) is 15.7. The Bertz CT molecular complexity index is 348. The molecule has 0 saturated heterocycles. The summed E-state index contributed by atoms with van der Waals surface area (Å²) in [5, 5.41) is 2.97. The van der Waals surface area contributed by atoms with Crippen LogP contribution in [0.2, 0.25) is 0 Å². The summed E-state index contributed by atoms with van der Waals surface area (Å²) >= 11 is 5.19. The van der Waals surface area contributed by atoms with Crippen LogP contribution >= 0.6 is 12.2 Å². The van der Waals surface area contributed by atoms with Crippen LogP contribution in [0.3, 0.4) is 0 Å². The largest absolute Gasteiger partial charge is 0.392 e. The van der Waals surface area contributed by atoms with Gasteiger partial charge < -0.3 is 15.8 Å². The number of nitrogens with one attached hydrogen (secondary N) is 1. The van der Waals surface area contributed by atoms with Gasteiger partial charge in [0.1, 0.15) is 0 Å². The molecule has 0 aromatic heterocycles. The van der Waals surface area contributed by atoms with E-state index in [1.807, 2.05) is 0 Å². The van der Waals surface area contributed by atoms with Crippen molar-refractivity contribution in [3.8, 4) is 0 Å². The van der Waals surface area contributed by atoms with Crippen molar-refractivity contribution >= 4 is 23.1 Å². The van der Waals surface area contributed by atoms with Gasteiger partial charge in [-0.3, -0.25) is 4.79 Å². The van der Waals surface area contributed by atoms with Crippen LogP contribution in [0.25, 0.3) is 0 Å². The molecule has 0 unspecified atom stereocenters. The number of amides is 1. The zero-order valence-corrected chi connectivity index (χ0v) is 13.0. The van der Waals surface area contributed by atoms with Gasteiger partial charge in [-0.15, -0.1) is 0 Å². The summed E-state index contributed by atoms with van der Waals surface area (Å²) < 4.78 is 5.53. The first-order chi connectivity index (χ1) is 9.65. The maximum atomic E-state index is 12.5. The Hall–Kier alpha value is -0.680. The number of hydrogen-bond acceptors (Lipinski definition) is 3. The van der Waals surface area contributed by atoms with E-state index in [2.05, 4.69) is 5.32 Å². The second kappa shape index (κ2) is 7.36. The predicted octanol–water partition coefficient (Wildman–Crippen LogP) is 2.16. The zero-order chi connectivity index (χ0) is 14.4. The zero-order valence-electron chi connectivity index (χ0n) is 12.2. The Morgan fingerprint density at radius 2 is 1.90 bits per heavy atom. The molecule has 0 spiro atoms. The average Bonchev–Trinajstić information content (AvgIpc) is 3.24. The molecule has 3 N–H and O–H groups in total. The average molecular weight is 298 g/mol. The van der Waals surface area contributed by atoms with Crippen molar-refractivity contribution in [2.75, 3.05) is 19.8 Å². The normalized spacial score (nSPS) is 22.0. The van der Waals surface area contributed by atoms with E-state index >= 15 is 0 Å². The van der Waals surface area contributed by atoms with Crippen LogP contribution in [-0.2, 0) is 9.53 Å². The summed E-state index contributed by atoms with van der Waals surface area (Å²) in [6, 6.07) is 0. The lowest BCUT2D eigenvalue weighted by Crippen LogP contribution is -2.49. The minimum atomic E-state index is -0.623. The fourth-order valence-corrected chi connectivity index (χ4v) is 3.15. The minimum absolute atomic E-state index is 0.00178. The van der Waals surface area contributed by atoms with Crippen LogP contribution in [-0.4, -0.2) is 30.7 Å². The topological polar surface area (TPSA) is 64.4 Å². The molecule has 2 fully saturated rings. The van der Waals surface area contributed by atoms with Crippen LogP contribution in [0.15, 0.2) is 0 Å². The number of carbonyl (C=O) groups is 1. The van der Waals surface area contributed by atoms with Crippen molar-refractivity contribution in [1.29, 1.82) is 0 Å². The molecular formula is C15H26N2O2S. The molecule has 0 heterocycles. The lowest BCUT2D eigenvalue weighted by atomic mass is 9.79. The maximum absolute atomic E-state index is 12.5. The second-order valence-corrected chi connectivity index (χ2v) is 6.57. The Morgan fingerprint density at radius 3 is 2.45 bits per heavy atom. The standard InChI is InChI=1S/C15H26N2O2S/c16-13(20)15(7-3-1-2-4-8-15)14(18)17-9-10-19-11-12-5-6-12/h12H,1-11H2,(H2,16,20)(H,17,18). The fraction of sp³-hybridized carbons (Fsp3) is 0.867. The Kier molecular flexibility index (Phi) is 5.78. The van der Waals surface area contributed by atoms with Crippen molar-refractivity contribution in [2.45, 2.75) is 51.4 Å². The van der Waals surface area contributed by atoms with Crippen molar-refractivity contribution in [1.82, 2.24) is 5.32 Å². The predicted molar refractivity (Wildman–Crippen MR) is 83.5 cm³/mol. The molecule has 5 heteroatoms. The SMILES string of the molecule is NC(=S)C1(C(=O)NCCOCC2CC2)CCCCCC1. The smallest absolute Gasteiger partial charge is 0.233 e. The third kappa shape index (κ3) is 4.16. The molecule has 4 nitrogen and oxygen atoms in total. The first-order valence-corrected chi connectivity index (χ1v) is 8.22. The van der Waals surface area contributed by atoms with E-state index < -0.39 is 5.41 Å². The highest BCUT2D eigenvalue weighted by molar-refractivity contribution is 7.80. The number of hydrogen-bond donors (Lipinski definition) is 2. The molecule has 0 bridgehead atoms. The maximum Gasteiger partial charge on any atom is 0.233 e. The van der Waals surface area contributed by atoms with Crippen LogP contribution < -0.4 is 11.1 Å². The highest BCUT2D eigenvalue weighted by Crippen LogP contribution is 2.35. The van der Waals surface area contributed by atoms with Crippen LogP contribution in [0.1, 0.15) is 51.4 Å². The van der Waals surface area contributed by atoms with Gasteiger partial charge in [0.2, 0.25) is 5.91 Å². The lowest BCUT2D eigenvalue weighted by molar-refractivity contribution is -0.128. The number of thiocarbonyl (C=S) groups is 1. The van der Waals surface area contributed by atoms with Gasteiger partial charge in [-0.25, -0.2) is 0 Å². The van der Waals surface area contributed by atoms with E-state index in [-0.39, 0.29) is 5.91 Å². The van der Waals surface area contributed by atoms with Crippen LogP contribution in [0.4, 0.5) is 0 Å². The summed E-state index contributed by atoms with van der Waals surface area (Å²) in [6.07, 6.45) is 8.55. The van der Waals surface area contributed by atoms with Crippen molar-refractivity contribution in [3.63, 3.8) is 0 Å². The van der Waals surface area contributed by atoms with Crippen molar-refractivity contribution in [3.05, 3.63) is 0 Å². The summed E-state index contributed by atoms with van der Waals surface area (Å²) in [5.74, 6) is 0.762. The Labute approximate surface area is 126 Å². The Balaban J connectivity index is 1.77. The number of nitrogens with two attached hydrogens (primary N) is 1. The lowest BCUT2D eigenvalue weighted by Gasteiger charge is -2.30. The number of carbonyl (C=O) groups excluding carboxylic acids is 1. The molecule has 20 heavy (non-hydrogen) atoms. The fourth-order valence-electron chi connectivity index (χ4n) is 2.86. The van der Waals surface area contributed by atoms with Gasteiger partial charge in [0, 0.05) is 13.2 Å². The van der Waals surface area contributed by atoms with E-state index in [9.17, 15) is 4.79 Å². The summed E-state index contributed by atoms with van der Waals surface area (Å²) in [7, 11) is 0. The summed E-state index contributed by atoms with van der Waals surface area (Å²) in [6.45, 7) is 1.96. The molecule has 2 rings (SSSR count). The van der Waals surface area contributed by atoms with E-state index in [4.69, 9.17) is 22.7 Å². The molecule has 1 amide bonds. The van der Waals surface area contributed by atoms with E-state index in [1.165, 1.54) is 25.7 Å². The van der Waals surface area contributed by atoms with Crippen molar-refractivity contribution in [2.24, 2.45) is 17.1 Å². The molecule has 114 valence electrons. The van der Waals surface area contributed by atoms with E-state index in [1.54, 1.807) is 0 Å². The van der Waals surface area contributed by atoms with Crippen molar-refractivity contribution < 1.29 is 9.53 Å². The molecule has 2 aliphatic carbocycles. The van der Waals surface area contributed by atoms with Gasteiger partial charge in [0.25, 0.3) is 0 Å². The Morgan fingerprint density at radius 1 is 1.25 bits per heavy atom. The van der Waals surface area contributed by atoms with Gasteiger partial charge in [-0.2, -0.15) is 0 Å². The van der Waals surface area contributed by atoms with E-state index in [0.29, 0.717) is 18.1 Å². The van der Waals surface area contributed by atoms with Crippen LogP contribution in [0, 0.1) is 11.3 Å². The highest BCUT2D eigenvalue weighted by Gasteiger charge is 2.41. The first-order valence-electron chi connectivity index (χ1n) is 7.81. The minimum Gasteiger partial charge on any atom is -0.392 e.